The summed E-state index contributed by atoms with van der Waals surface area (Å²) in [7, 11) is 0. The molecule has 2 saturated heterocycles. The van der Waals surface area contributed by atoms with E-state index in [1.54, 1.807) is 0 Å². The van der Waals surface area contributed by atoms with Crippen LogP contribution in [0.3, 0.4) is 0 Å². The number of nitrogens with one attached hydrogen (secondary N) is 1. The van der Waals surface area contributed by atoms with Crippen LogP contribution in [0.25, 0.3) is 0 Å². The van der Waals surface area contributed by atoms with Crippen molar-refractivity contribution >= 4 is 23.2 Å². The number of amides is 1. The molecule has 0 radical (unpaired) electrons. The highest BCUT2D eigenvalue weighted by Crippen LogP contribution is 2.21. The van der Waals surface area contributed by atoms with Crippen molar-refractivity contribution in [2.75, 3.05) is 50.8 Å². The van der Waals surface area contributed by atoms with Crippen molar-refractivity contribution in [2.45, 2.75) is 12.5 Å². The number of halogens is 1. The van der Waals surface area contributed by atoms with Crippen LogP contribution in [-0.4, -0.2) is 62.8 Å². The average molecular weight is 324 g/mol. The normalized spacial score (nSPS) is 22.7. The summed E-state index contributed by atoms with van der Waals surface area (Å²) in [4.78, 5) is 16.6. The van der Waals surface area contributed by atoms with Gasteiger partial charge in [-0.15, -0.1) is 0 Å². The molecule has 1 aromatic rings. The van der Waals surface area contributed by atoms with Crippen molar-refractivity contribution in [2.24, 2.45) is 0 Å². The van der Waals surface area contributed by atoms with Gasteiger partial charge in [0.25, 0.3) is 0 Å². The second kappa shape index (κ2) is 7.31. The fourth-order valence-corrected chi connectivity index (χ4v) is 3.15. The highest BCUT2D eigenvalue weighted by Gasteiger charge is 2.25. The molecule has 3 rings (SSSR count). The van der Waals surface area contributed by atoms with Crippen molar-refractivity contribution in [1.29, 1.82) is 0 Å². The van der Waals surface area contributed by atoms with E-state index in [0.717, 1.165) is 50.0 Å². The van der Waals surface area contributed by atoms with E-state index in [9.17, 15) is 4.79 Å². The van der Waals surface area contributed by atoms with Crippen LogP contribution < -0.4 is 10.2 Å². The number of carbonyl (C=O) groups excluding carboxylic acids is 1. The molecule has 0 aliphatic carbocycles. The van der Waals surface area contributed by atoms with E-state index < -0.39 is 0 Å². The standard InChI is InChI=1S/C16H22ClN3O2/c17-13-2-1-3-14(10-13)19-5-7-20(8-6-19)16(21)11-15-12-18-4-9-22-15/h1-3,10,15,18H,4-9,11-12H2. The van der Waals surface area contributed by atoms with Gasteiger partial charge in [-0.2, -0.15) is 0 Å². The van der Waals surface area contributed by atoms with E-state index in [2.05, 4.69) is 16.3 Å². The van der Waals surface area contributed by atoms with Gasteiger partial charge in [0.2, 0.25) is 5.91 Å². The molecule has 2 aliphatic rings. The first-order valence-corrected chi connectivity index (χ1v) is 8.21. The highest BCUT2D eigenvalue weighted by molar-refractivity contribution is 6.30. The number of anilines is 1. The largest absolute Gasteiger partial charge is 0.375 e. The molecule has 0 spiro atoms. The molecule has 1 N–H and O–H groups in total. The van der Waals surface area contributed by atoms with Gasteiger partial charge in [0.1, 0.15) is 0 Å². The Bertz CT molecular complexity index is 512. The van der Waals surface area contributed by atoms with Crippen molar-refractivity contribution in [1.82, 2.24) is 10.2 Å². The fraction of sp³-hybridized carbons (Fsp3) is 0.562. The first-order valence-electron chi connectivity index (χ1n) is 7.83. The zero-order valence-corrected chi connectivity index (χ0v) is 13.4. The smallest absolute Gasteiger partial charge is 0.225 e. The van der Waals surface area contributed by atoms with Crippen molar-refractivity contribution in [3.8, 4) is 0 Å². The van der Waals surface area contributed by atoms with E-state index in [1.807, 2.05) is 23.1 Å². The number of rotatable bonds is 3. The van der Waals surface area contributed by atoms with Gasteiger partial charge in [-0.1, -0.05) is 17.7 Å². The van der Waals surface area contributed by atoms with Gasteiger partial charge in [0, 0.05) is 50.0 Å². The maximum absolute atomic E-state index is 12.3. The molecule has 1 aromatic carbocycles. The van der Waals surface area contributed by atoms with Crippen LogP contribution in [0.15, 0.2) is 24.3 Å². The van der Waals surface area contributed by atoms with Crippen LogP contribution in [0.4, 0.5) is 5.69 Å². The summed E-state index contributed by atoms with van der Waals surface area (Å²) in [6, 6.07) is 7.87. The van der Waals surface area contributed by atoms with Gasteiger partial charge in [-0.3, -0.25) is 4.79 Å². The first kappa shape index (κ1) is 15.6. The Morgan fingerprint density at radius 3 is 2.82 bits per heavy atom. The van der Waals surface area contributed by atoms with Gasteiger partial charge >= 0.3 is 0 Å². The fourth-order valence-electron chi connectivity index (χ4n) is 2.96. The van der Waals surface area contributed by atoms with Crippen LogP contribution >= 0.6 is 11.6 Å². The van der Waals surface area contributed by atoms with Crippen LogP contribution in [0.5, 0.6) is 0 Å². The second-order valence-corrected chi connectivity index (χ2v) is 6.19. The molecule has 6 heteroatoms. The van der Waals surface area contributed by atoms with Gasteiger partial charge in [0.15, 0.2) is 0 Å². The Labute approximate surface area is 136 Å². The SMILES string of the molecule is O=C(CC1CNCCO1)N1CCN(c2cccc(Cl)c2)CC1. The van der Waals surface area contributed by atoms with Crippen molar-refractivity contribution in [3.63, 3.8) is 0 Å². The summed E-state index contributed by atoms with van der Waals surface area (Å²) >= 11 is 6.04. The summed E-state index contributed by atoms with van der Waals surface area (Å²) in [6.07, 6.45) is 0.497. The minimum absolute atomic E-state index is 0.0206. The van der Waals surface area contributed by atoms with E-state index in [4.69, 9.17) is 16.3 Å². The summed E-state index contributed by atoms with van der Waals surface area (Å²) < 4.78 is 5.61. The predicted octanol–water partition coefficient (Wildman–Crippen LogP) is 1.37. The lowest BCUT2D eigenvalue weighted by molar-refractivity contribution is -0.135. The minimum Gasteiger partial charge on any atom is -0.375 e. The molecule has 2 heterocycles. The minimum atomic E-state index is 0.0206. The Kier molecular flexibility index (Phi) is 5.18. The first-order chi connectivity index (χ1) is 10.7. The Hall–Kier alpha value is -1.30. The summed E-state index contributed by atoms with van der Waals surface area (Å²) in [5.41, 5.74) is 1.12. The molecule has 1 amide bonds. The van der Waals surface area contributed by atoms with Crippen LogP contribution in [-0.2, 0) is 9.53 Å². The molecule has 120 valence electrons. The second-order valence-electron chi connectivity index (χ2n) is 5.75. The van der Waals surface area contributed by atoms with Crippen LogP contribution in [0, 0.1) is 0 Å². The molecule has 0 bridgehead atoms. The molecule has 5 nitrogen and oxygen atoms in total. The van der Waals surface area contributed by atoms with Gasteiger partial charge in [-0.05, 0) is 18.2 Å². The molecule has 1 atom stereocenters. The Balaban J connectivity index is 1.49. The van der Waals surface area contributed by atoms with Crippen LogP contribution in [0.2, 0.25) is 5.02 Å². The zero-order chi connectivity index (χ0) is 15.4. The average Bonchev–Trinajstić information content (AvgIpc) is 2.56. The maximum atomic E-state index is 12.3. The number of benzene rings is 1. The third-order valence-corrected chi connectivity index (χ3v) is 4.45. The van der Waals surface area contributed by atoms with Crippen LogP contribution in [0.1, 0.15) is 6.42 Å². The third-order valence-electron chi connectivity index (χ3n) is 4.21. The van der Waals surface area contributed by atoms with Crippen molar-refractivity contribution in [3.05, 3.63) is 29.3 Å². The van der Waals surface area contributed by atoms with Crippen molar-refractivity contribution < 1.29 is 9.53 Å². The summed E-state index contributed by atoms with van der Waals surface area (Å²) in [5.74, 6) is 0.194. The van der Waals surface area contributed by atoms with E-state index in [1.165, 1.54) is 0 Å². The molecule has 2 fully saturated rings. The topological polar surface area (TPSA) is 44.8 Å². The summed E-state index contributed by atoms with van der Waals surface area (Å²) in [5, 5.41) is 4.01. The zero-order valence-electron chi connectivity index (χ0n) is 12.6. The number of ether oxygens (including phenoxy) is 1. The lowest BCUT2D eigenvalue weighted by Crippen LogP contribution is -2.50. The molecule has 22 heavy (non-hydrogen) atoms. The molecular formula is C16H22ClN3O2. The number of carbonyl (C=O) groups is 1. The van der Waals surface area contributed by atoms with Gasteiger partial charge in [0.05, 0.1) is 19.1 Å². The number of nitrogens with zero attached hydrogens (tertiary/aromatic N) is 2. The quantitative estimate of drug-likeness (QED) is 0.912. The summed E-state index contributed by atoms with van der Waals surface area (Å²) in [6.45, 7) is 5.54. The van der Waals surface area contributed by atoms with E-state index in [0.29, 0.717) is 13.0 Å². The lowest BCUT2D eigenvalue weighted by atomic mass is 10.2. The van der Waals surface area contributed by atoms with E-state index in [-0.39, 0.29) is 12.0 Å². The highest BCUT2D eigenvalue weighted by atomic mass is 35.5. The Morgan fingerprint density at radius 2 is 2.14 bits per heavy atom. The molecule has 0 saturated carbocycles. The monoisotopic (exact) mass is 323 g/mol. The Morgan fingerprint density at radius 1 is 1.32 bits per heavy atom. The van der Waals surface area contributed by atoms with Gasteiger partial charge < -0.3 is 19.9 Å². The maximum Gasteiger partial charge on any atom is 0.225 e. The third kappa shape index (κ3) is 3.91. The molecule has 0 aromatic heterocycles. The van der Waals surface area contributed by atoms with E-state index >= 15 is 0 Å². The number of piperazine rings is 1. The number of hydrogen-bond acceptors (Lipinski definition) is 4. The predicted molar refractivity (Wildman–Crippen MR) is 87.5 cm³/mol. The molecule has 1 unspecified atom stereocenters. The van der Waals surface area contributed by atoms with Gasteiger partial charge in [-0.25, -0.2) is 0 Å². The lowest BCUT2D eigenvalue weighted by Gasteiger charge is -2.37. The number of morpholine rings is 1. The molecule has 2 aliphatic heterocycles. The molecular weight excluding hydrogens is 302 g/mol. The number of hydrogen-bond donors (Lipinski definition) is 1.